The Labute approximate surface area is 119 Å². The standard InChI is InChI=1S/C18H32O/c1-13(2)7-5-8-14(3)15-10-11-16-17(19)9-6-12-18(15,16)4/h7,14-17,19H,5-6,8-12H2,1-4H3/t14-,15-,16+,17+,18-/m1/s1. The van der Waals surface area contributed by atoms with E-state index in [0.29, 0.717) is 11.3 Å². The van der Waals surface area contributed by atoms with Crippen LogP contribution < -0.4 is 0 Å². The van der Waals surface area contributed by atoms with Crippen molar-refractivity contribution >= 4 is 0 Å². The zero-order valence-corrected chi connectivity index (χ0v) is 13.3. The Balaban J connectivity index is 1.98. The fourth-order valence-corrected chi connectivity index (χ4v) is 4.96. The Kier molecular flexibility index (Phi) is 4.76. The van der Waals surface area contributed by atoms with E-state index in [1.54, 1.807) is 0 Å². The minimum atomic E-state index is -0.0197. The predicted octanol–water partition coefficient (Wildman–Crippen LogP) is 4.95. The molecule has 110 valence electrons. The van der Waals surface area contributed by atoms with Crippen LogP contribution in [0.2, 0.25) is 0 Å². The molecule has 1 N–H and O–H groups in total. The number of hydrogen-bond acceptors (Lipinski definition) is 1. The van der Waals surface area contributed by atoms with E-state index in [0.717, 1.165) is 18.3 Å². The predicted molar refractivity (Wildman–Crippen MR) is 82.0 cm³/mol. The Morgan fingerprint density at radius 2 is 2.05 bits per heavy atom. The van der Waals surface area contributed by atoms with Crippen LogP contribution in [0.1, 0.15) is 72.6 Å². The van der Waals surface area contributed by atoms with Crippen LogP contribution in [0, 0.1) is 23.2 Å². The molecule has 0 amide bonds. The SMILES string of the molecule is CC(C)=CCC[C@@H](C)[C@H]1CC[C@H]2[C@@H](O)CCC[C@]12C. The summed E-state index contributed by atoms with van der Waals surface area (Å²) in [5.74, 6) is 2.21. The number of rotatable bonds is 4. The lowest BCUT2D eigenvalue weighted by Gasteiger charge is -2.45. The van der Waals surface area contributed by atoms with Gasteiger partial charge in [0.1, 0.15) is 0 Å². The summed E-state index contributed by atoms with van der Waals surface area (Å²) in [7, 11) is 0. The van der Waals surface area contributed by atoms with Crippen molar-refractivity contribution in [3.8, 4) is 0 Å². The van der Waals surface area contributed by atoms with Gasteiger partial charge in [-0.2, -0.15) is 0 Å². The minimum absolute atomic E-state index is 0.0197. The highest BCUT2D eigenvalue weighted by Gasteiger charge is 2.51. The number of aliphatic hydroxyl groups excluding tert-OH is 1. The highest BCUT2D eigenvalue weighted by molar-refractivity contribution is 5.02. The van der Waals surface area contributed by atoms with Gasteiger partial charge in [0.25, 0.3) is 0 Å². The lowest BCUT2D eigenvalue weighted by Crippen LogP contribution is -2.41. The third kappa shape index (κ3) is 3.07. The molecule has 0 spiro atoms. The Hall–Kier alpha value is -0.300. The highest BCUT2D eigenvalue weighted by Crippen LogP contribution is 2.58. The molecule has 2 aliphatic carbocycles. The van der Waals surface area contributed by atoms with Gasteiger partial charge in [0.2, 0.25) is 0 Å². The van der Waals surface area contributed by atoms with Gasteiger partial charge in [0.05, 0.1) is 6.10 Å². The van der Waals surface area contributed by atoms with Gasteiger partial charge < -0.3 is 5.11 Å². The second-order valence-electron chi connectivity index (χ2n) is 7.59. The molecule has 0 bridgehead atoms. The molecular formula is C18H32O. The first-order valence-corrected chi connectivity index (χ1v) is 8.26. The molecule has 0 unspecified atom stereocenters. The maximum atomic E-state index is 10.3. The van der Waals surface area contributed by atoms with E-state index in [-0.39, 0.29) is 6.10 Å². The van der Waals surface area contributed by atoms with E-state index in [4.69, 9.17) is 0 Å². The third-order valence-electron chi connectivity index (χ3n) is 6.02. The van der Waals surface area contributed by atoms with Gasteiger partial charge >= 0.3 is 0 Å². The van der Waals surface area contributed by atoms with Crippen LogP contribution in [0.25, 0.3) is 0 Å². The van der Waals surface area contributed by atoms with Crippen LogP contribution in [0.4, 0.5) is 0 Å². The number of allylic oxidation sites excluding steroid dienone is 2. The van der Waals surface area contributed by atoms with E-state index in [1.807, 2.05) is 0 Å². The van der Waals surface area contributed by atoms with E-state index in [2.05, 4.69) is 33.8 Å². The highest BCUT2D eigenvalue weighted by atomic mass is 16.3. The van der Waals surface area contributed by atoms with Crippen LogP contribution >= 0.6 is 0 Å². The summed E-state index contributed by atoms with van der Waals surface area (Å²) in [6.07, 6.45) is 11.1. The normalized spacial score (nSPS) is 39.7. The van der Waals surface area contributed by atoms with Crippen molar-refractivity contribution in [3.05, 3.63) is 11.6 Å². The van der Waals surface area contributed by atoms with Gasteiger partial charge in [-0.15, -0.1) is 0 Å². The van der Waals surface area contributed by atoms with Crippen molar-refractivity contribution in [1.82, 2.24) is 0 Å². The summed E-state index contributed by atoms with van der Waals surface area (Å²) in [6.45, 7) is 9.29. The van der Waals surface area contributed by atoms with Gasteiger partial charge in [-0.1, -0.05) is 31.9 Å². The maximum absolute atomic E-state index is 10.3. The molecule has 2 aliphatic rings. The van der Waals surface area contributed by atoms with Crippen molar-refractivity contribution < 1.29 is 5.11 Å². The lowest BCUT2D eigenvalue weighted by molar-refractivity contribution is -0.0275. The fraction of sp³-hybridized carbons (Fsp3) is 0.889. The summed E-state index contributed by atoms with van der Waals surface area (Å²) < 4.78 is 0. The first-order chi connectivity index (χ1) is 8.95. The van der Waals surface area contributed by atoms with Crippen LogP contribution in [0.3, 0.4) is 0 Å². The monoisotopic (exact) mass is 264 g/mol. The molecule has 1 nitrogen and oxygen atoms in total. The van der Waals surface area contributed by atoms with Crippen molar-refractivity contribution in [2.75, 3.05) is 0 Å². The van der Waals surface area contributed by atoms with E-state index >= 15 is 0 Å². The molecule has 1 heteroatoms. The van der Waals surface area contributed by atoms with E-state index in [1.165, 1.54) is 44.1 Å². The van der Waals surface area contributed by atoms with Gasteiger partial charge in [0, 0.05) is 0 Å². The minimum Gasteiger partial charge on any atom is -0.393 e. The number of fused-ring (bicyclic) bond motifs is 1. The van der Waals surface area contributed by atoms with Crippen LogP contribution in [-0.4, -0.2) is 11.2 Å². The number of aliphatic hydroxyl groups is 1. The molecule has 0 aliphatic heterocycles. The molecule has 2 saturated carbocycles. The van der Waals surface area contributed by atoms with E-state index in [9.17, 15) is 5.11 Å². The van der Waals surface area contributed by atoms with Gasteiger partial charge in [0.15, 0.2) is 0 Å². The summed E-state index contributed by atoms with van der Waals surface area (Å²) in [5.41, 5.74) is 1.86. The molecule has 2 rings (SSSR count). The largest absolute Gasteiger partial charge is 0.393 e. The Morgan fingerprint density at radius 3 is 2.74 bits per heavy atom. The zero-order chi connectivity index (χ0) is 14.0. The quantitative estimate of drug-likeness (QED) is 0.713. The average Bonchev–Trinajstić information content (AvgIpc) is 2.67. The first-order valence-electron chi connectivity index (χ1n) is 8.26. The summed E-state index contributed by atoms with van der Waals surface area (Å²) in [6, 6.07) is 0. The molecule has 0 saturated heterocycles. The molecule has 0 aromatic rings. The van der Waals surface area contributed by atoms with Crippen molar-refractivity contribution in [2.45, 2.75) is 78.7 Å². The van der Waals surface area contributed by atoms with Crippen LogP contribution in [0.5, 0.6) is 0 Å². The average molecular weight is 264 g/mol. The van der Waals surface area contributed by atoms with Crippen LogP contribution in [-0.2, 0) is 0 Å². The molecule has 0 radical (unpaired) electrons. The smallest absolute Gasteiger partial charge is 0.0573 e. The molecule has 0 aromatic heterocycles. The topological polar surface area (TPSA) is 20.2 Å². The molecule has 2 fully saturated rings. The fourth-order valence-electron chi connectivity index (χ4n) is 4.96. The first kappa shape index (κ1) is 15.1. The lowest BCUT2D eigenvalue weighted by atomic mass is 9.61. The zero-order valence-electron chi connectivity index (χ0n) is 13.3. The van der Waals surface area contributed by atoms with E-state index < -0.39 is 0 Å². The second-order valence-corrected chi connectivity index (χ2v) is 7.59. The molecule has 0 heterocycles. The van der Waals surface area contributed by atoms with Gasteiger partial charge in [-0.05, 0) is 75.5 Å². The maximum Gasteiger partial charge on any atom is 0.0573 e. The molecule has 0 aromatic carbocycles. The summed E-state index contributed by atoms with van der Waals surface area (Å²) in [5, 5.41) is 10.3. The molecule has 19 heavy (non-hydrogen) atoms. The second kappa shape index (κ2) is 5.99. The molecule has 5 atom stereocenters. The number of hydrogen-bond donors (Lipinski definition) is 1. The van der Waals surface area contributed by atoms with Gasteiger partial charge in [-0.25, -0.2) is 0 Å². The van der Waals surface area contributed by atoms with Crippen molar-refractivity contribution in [2.24, 2.45) is 23.2 Å². The van der Waals surface area contributed by atoms with Crippen molar-refractivity contribution in [1.29, 1.82) is 0 Å². The van der Waals surface area contributed by atoms with Crippen LogP contribution in [0.15, 0.2) is 11.6 Å². The third-order valence-corrected chi connectivity index (χ3v) is 6.02. The molecular weight excluding hydrogens is 232 g/mol. The Morgan fingerprint density at radius 1 is 1.32 bits per heavy atom. The summed E-state index contributed by atoms with van der Waals surface area (Å²) >= 11 is 0. The summed E-state index contributed by atoms with van der Waals surface area (Å²) in [4.78, 5) is 0. The Bertz CT molecular complexity index is 329. The van der Waals surface area contributed by atoms with Crippen molar-refractivity contribution in [3.63, 3.8) is 0 Å². The van der Waals surface area contributed by atoms with Gasteiger partial charge in [-0.3, -0.25) is 0 Å².